The van der Waals surface area contributed by atoms with Crippen molar-refractivity contribution in [1.29, 1.82) is 0 Å². The predicted octanol–water partition coefficient (Wildman–Crippen LogP) is 5.92. The zero-order valence-electron chi connectivity index (χ0n) is 21.7. The molecule has 192 valence electrons. The summed E-state index contributed by atoms with van der Waals surface area (Å²) in [7, 11) is 4.08. The van der Waals surface area contributed by atoms with Crippen molar-refractivity contribution in [2.24, 2.45) is 17.3 Å². The summed E-state index contributed by atoms with van der Waals surface area (Å²) in [5.41, 5.74) is 4.89. The number of benzene rings is 1. The number of hydrogen-bond acceptors (Lipinski definition) is 5. The first-order chi connectivity index (χ1) is 17.1. The Morgan fingerprint density at radius 1 is 1.11 bits per heavy atom. The average molecular weight is 555 g/mol. The molecule has 2 fully saturated rings. The molecule has 0 aromatic heterocycles. The maximum Gasteiger partial charge on any atom is 0.303 e. The fourth-order valence-electron chi connectivity index (χ4n) is 7.99. The molecule has 5 rings (SSSR count). The van der Waals surface area contributed by atoms with E-state index >= 15 is 0 Å². The Morgan fingerprint density at radius 3 is 2.47 bits per heavy atom. The number of Topliss-reactive ketones (excluding diaryl/α,β-unsaturated/α-hetero) is 1. The van der Waals surface area contributed by atoms with Gasteiger partial charge in [0, 0.05) is 44.5 Å². The predicted molar refractivity (Wildman–Crippen MR) is 144 cm³/mol. The van der Waals surface area contributed by atoms with Gasteiger partial charge in [0.1, 0.15) is 0 Å². The highest BCUT2D eigenvalue weighted by Gasteiger charge is 2.67. The number of anilines is 1. The summed E-state index contributed by atoms with van der Waals surface area (Å²) < 4.78 is 6.06. The molecule has 0 amide bonds. The highest BCUT2D eigenvalue weighted by atomic mass is 79.9. The van der Waals surface area contributed by atoms with Gasteiger partial charge in [-0.2, -0.15) is 0 Å². The largest absolute Gasteiger partial charge is 0.451 e. The lowest BCUT2D eigenvalue weighted by Crippen LogP contribution is -2.58. The summed E-state index contributed by atoms with van der Waals surface area (Å²) in [6.45, 7) is 3.62. The van der Waals surface area contributed by atoms with Gasteiger partial charge in [-0.25, -0.2) is 0 Å². The van der Waals surface area contributed by atoms with E-state index in [1.807, 2.05) is 20.2 Å². The fourth-order valence-corrected chi connectivity index (χ4v) is 8.44. The fraction of sp³-hybridized carbons (Fsp3) is 0.567. The number of hydrogen-bond donors (Lipinski definition) is 0. The number of esters is 1. The van der Waals surface area contributed by atoms with Crippen molar-refractivity contribution in [1.82, 2.24) is 0 Å². The number of fused-ring (bicyclic) bond motifs is 4. The quantitative estimate of drug-likeness (QED) is 0.334. The second-order valence-electron chi connectivity index (χ2n) is 11.5. The normalized spacial score (nSPS) is 33.3. The van der Waals surface area contributed by atoms with Crippen molar-refractivity contribution in [3.05, 3.63) is 52.6 Å². The van der Waals surface area contributed by atoms with Crippen LogP contribution in [0.2, 0.25) is 0 Å². The average Bonchev–Trinajstić information content (AvgIpc) is 3.14. The minimum Gasteiger partial charge on any atom is -0.451 e. The molecule has 5 atom stereocenters. The number of ketones is 2. The summed E-state index contributed by atoms with van der Waals surface area (Å²) in [5, 5.41) is 0.179. The number of rotatable bonds is 5. The first-order valence-corrected chi connectivity index (χ1v) is 14.3. The molecule has 36 heavy (non-hydrogen) atoms. The van der Waals surface area contributed by atoms with Gasteiger partial charge >= 0.3 is 5.97 Å². The topological polar surface area (TPSA) is 63.7 Å². The summed E-state index contributed by atoms with van der Waals surface area (Å²) >= 11 is 3.40. The lowest BCUT2D eigenvalue weighted by Gasteiger charge is -2.55. The van der Waals surface area contributed by atoms with Crippen molar-refractivity contribution in [3.8, 4) is 0 Å². The molecule has 1 aromatic rings. The van der Waals surface area contributed by atoms with E-state index in [4.69, 9.17) is 4.74 Å². The van der Waals surface area contributed by atoms with Crippen LogP contribution in [-0.2, 0) is 19.1 Å². The standard InChI is InChI=1S/C30H36BrNO4/c1-18(33)36-30(27(35)17-31)14-13-26-24-11-7-20-15-22(34)10-12-23(20)28(24)25(16-29(26,30)2)19-5-8-21(9-6-19)32(3)4/h5-6,8-9,15,24-26H,7,10-14,16-17H2,1-4H3/t24?,25?,26?,29-,30-/m0/s1. The van der Waals surface area contributed by atoms with Crippen LogP contribution in [0.1, 0.15) is 70.3 Å². The van der Waals surface area contributed by atoms with E-state index < -0.39 is 11.0 Å². The molecule has 1 aromatic carbocycles. The number of halogens is 1. The second-order valence-corrected chi connectivity index (χ2v) is 12.1. The molecule has 0 aliphatic heterocycles. The highest BCUT2D eigenvalue weighted by molar-refractivity contribution is 9.09. The molecule has 4 aliphatic carbocycles. The van der Waals surface area contributed by atoms with E-state index in [2.05, 4.69) is 52.0 Å². The van der Waals surface area contributed by atoms with Crippen molar-refractivity contribution < 1.29 is 19.1 Å². The summed E-state index contributed by atoms with van der Waals surface area (Å²) in [6, 6.07) is 8.75. The maximum absolute atomic E-state index is 13.5. The summed E-state index contributed by atoms with van der Waals surface area (Å²) in [4.78, 5) is 40.2. The molecule has 3 unspecified atom stereocenters. The molecule has 0 N–H and O–H groups in total. The van der Waals surface area contributed by atoms with Gasteiger partial charge in [-0.3, -0.25) is 14.4 Å². The SMILES string of the molecule is CC(=O)O[C@]1(C(=O)CBr)CCC2C3CCC4=CC(=O)CCC4=C3C(c3ccc(N(C)C)cc3)C[C@@]21C. The van der Waals surface area contributed by atoms with Gasteiger partial charge in [-0.15, -0.1) is 0 Å². The molecule has 0 spiro atoms. The summed E-state index contributed by atoms with van der Waals surface area (Å²) in [5.74, 6) is 0.526. The summed E-state index contributed by atoms with van der Waals surface area (Å²) in [6.07, 6.45) is 7.34. The van der Waals surface area contributed by atoms with Crippen molar-refractivity contribution in [2.75, 3.05) is 24.3 Å². The molecule has 0 heterocycles. The van der Waals surface area contributed by atoms with E-state index in [9.17, 15) is 14.4 Å². The number of allylic oxidation sites excluding steroid dienone is 4. The second kappa shape index (κ2) is 9.27. The molecule has 0 bridgehead atoms. The van der Waals surface area contributed by atoms with Crippen molar-refractivity contribution in [2.45, 2.75) is 70.3 Å². The van der Waals surface area contributed by atoms with Gasteiger partial charge in [0.25, 0.3) is 0 Å². The Morgan fingerprint density at radius 2 is 1.83 bits per heavy atom. The van der Waals surface area contributed by atoms with Gasteiger partial charge in [0.2, 0.25) is 0 Å². The first-order valence-electron chi connectivity index (χ1n) is 13.1. The molecule has 0 radical (unpaired) electrons. The van der Waals surface area contributed by atoms with Crippen LogP contribution < -0.4 is 4.90 Å². The zero-order chi connectivity index (χ0) is 25.8. The molecule has 4 aliphatic rings. The van der Waals surface area contributed by atoms with E-state index in [-0.39, 0.29) is 34.7 Å². The molecular weight excluding hydrogens is 518 g/mol. The van der Waals surface area contributed by atoms with Crippen LogP contribution in [0.25, 0.3) is 0 Å². The van der Waals surface area contributed by atoms with Crippen molar-refractivity contribution >= 4 is 39.2 Å². The Labute approximate surface area is 222 Å². The van der Waals surface area contributed by atoms with Gasteiger partial charge in [-0.1, -0.05) is 40.6 Å². The van der Waals surface area contributed by atoms with Gasteiger partial charge in [-0.05, 0) is 85.3 Å². The number of ether oxygens (including phenoxy) is 1. The number of carbonyl (C=O) groups is 3. The van der Waals surface area contributed by atoms with Gasteiger partial charge < -0.3 is 9.64 Å². The Bertz CT molecular complexity index is 1170. The van der Waals surface area contributed by atoms with E-state index in [1.54, 1.807) is 0 Å². The Kier molecular flexibility index (Phi) is 6.55. The van der Waals surface area contributed by atoms with Crippen LogP contribution in [0.3, 0.4) is 0 Å². The van der Waals surface area contributed by atoms with Crippen molar-refractivity contribution in [3.63, 3.8) is 0 Å². The van der Waals surface area contributed by atoms with Crippen LogP contribution >= 0.6 is 15.9 Å². The Balaban J connectivity index is 1.69. The third kappa shape index (κ3) is 3.82. The number of nitrogens with zero attached hydrogens (tertiary/aromatic N) is 1. The lowest BCUT2D eigenvalue weighted by atomic mass is 9.50. The van der Waals surface area contributed by atoms with Crippen LogP contribution in [0.15, 0.2) is 47.1 Å². The van der Waals surface area contributed by atoms with E-state index in [0.717, 1.165) is 37.8 Å². The minimum absolute atomic E-state index is 0.0276. The Hall–Kier alpha value is -2.21. The van der Waals surface area contributed by atoms with Gasteiger partial charge in [0.15, 0.2) is 17.2 Å². The van der Waals surface area contributed by atoms with E-state index in [0.29, 0.717) is 18.8 Å². The maximum atomic E-state index is 13.5. The lowest BCUT2D eigenvalue weighted by molar-refractivity contribution is -0.182. The third-order valence-corrected chi connectivity index (χ3v) is 10.1. The molecule has 2 saturated carbocycles. The minimum atomic E-state index is -1.11. The van der Waals surface area contributed by atoms with Gasteiger partial charge in [0.05, 0.1) is 5.33 Å². The third-order valence-electron chi connectivity index (χ3n) is 9.56. The van der Waals surface area contributed by atoms with Crippen LogP contribution in [0.5, 0.6) is 0 Å². The zero-order valence-corrected chi connectivity index (χ0v) is 23.3. The smallest absolute Gasteiger partial charge is 0.303 e. The monoisotopic (exact) mass is 553 g/mol. The number of alkyl halides is 1. The first kappa shape index (κ1) is 25.4. The molecule has 0 saturated heterocycles. The number of carbonyl (C=O) groups excluding carboxylic acids is 3. The van der Waals surface area contributed by atoms with Crippen LogP contribution in [0, 0.1) is 17.3 Å². The molecular formula is C30H36BrNO4. The van der Waals surface area contributed by atoms with Crippen LogP contribution in [-0.4, -0.2) is 42.6 Å². The molecule has 5 nitrogen and oxygen atoms in total. The highest BCUT2D eigenvalue weighted by Crippen LogP contribution is 2.67. The molecule has 6 heteroatoms. The van der Waals surface area contributed by atoms with Crippen LogP contribution in [0.4, 0.5) is 5.69 Å². The van der Waals surface area contributed by atoms with E-state index in [1.165, 1.54) is 29.2 Å².